The minimum Gasteiger partial charge on any atom is -0.460 e. The Kier molecular flexibility index (Phi) is 3.29. The molecular formula is C17H23NO3. The number of hydrogen-bond donors (Lipinski definition) is 1. The molecule has 2 fully saturated rings. The monoisotopic (exact) mass is 294 g/mol. The van der Waals surface area contributed by atoms with Crippen molar-refractivity contribution in [2.24, 2.45) is 0 Å². The molecule has 2 saturated heterocycles. The fourth-order valence-corrected chi connectivity index (χ4v) is 3.39. The van der Waals surface area contributed by atoms with Crippen molar-refractivity contribution in [1.29, 1.82) is 0 Å². The maximum atomic E-state index is 12.1. The van der Waals surface area contributed by atoms with Gasteiger partial charge in [0.2, 0.25) is 0 Å². The number of ether oxygens (including phenoxy) is 1. The van der Waals surface area contributed by atoms with Gasteiger partial charge in [-0.15, -0.1) is 0 Å². The largest absolute Gasteiger partial charge is 0.460 e. The zero-order valence-electron chi connectivity index (χ0n) is 14.9. The summed E-state index contributed by atoms with van der Waals surface area (Å²) in [6.07, 6.45) is 1.43. The fraction of sp³-hybridized carbons (Fsp3) is 0.588. The predicted octanol–water partition coefficient (Wildman–Crippen LogP) is 1.76. The van der Waals surface area contributed by atoms with Gasteiger partial charge in [-0.3, -0.25) is 0 Å². The molecule has 0 amide bonds. The van der Waals surface area contributed by atoms with Gasteiger partial charge in [0.05, 0.1) is 0 Å². The first-order valence-electron chi connectivity index (χ1n) is 9.05. The summed E-state index contributed by atoms with van der Waals surface area (Å²) in [4.78, 5) is 13.7. The molecule has 0 aromatic heterocycles. The van der Waals surface area contributed by atoms with Crippen molar-refractivity contribution in [3.05, 3.63) is 35.9 Å². The average molecular weight is 294 g/mol. The Labute approximate surface area is 129 Å². The van der Waals surface area contributed by atoms with Gasteiger partial charge in [-0.25, -0.2) is 4.79 Å². The Balaban J connectivity index is 1.55. The van der Waals surface area contributed by atoms with Crippen molar-refractivity contribution < 1.29 is 18.8 Å². The van der Waals surface area contributed by atoms with Crippen molar-refractivity contribution >= 4 is 5.97 Å². The highest BCUT2D eigenvalue weighted by Gasteiger charge is 2.40. The molecule has 0 aliphatic carbocycles. The maximum Gasteiger partial charge on any atom is 0.335 e. The maximum absolute atomic E-state index is 12.1. The van der Waals surface area contributed by atoms with E-state index in [4.69, 9.17) is 8.85 Å². The number of esters is 1. The van der Waals surface area contributed by atoms with E-state index in [2.05, 4.69) is 0 Å². The van der Waals surface area contributed by atoms with Crippen LogP contribution >= 0.6 is 0 Å². The molecule has 2 heterocycles. The summed E-state index contributed by atoms with van der Waals surface area (Å²) in [5.74, 6) is -0.620. The lowest BCUT2D eigenvalue weighted by Crippen LogP contribution is -2.44. The molecule has 1 N–H and O–H groups in total. The average Bonchev–Trinajstić information content (AvgIpc) is 2.81. The summed E-state index contributed by atoms with van der Waals surface area (Å²) < 4.78 is 28.4. The molecule has 2 aliphatic rings. The van der Waals surface area contributed by atoms with E-state index in [0.717, 1.165) is 18.4 Å². The van der Waals surface area contributed by atoms with Crippen LogP contribution in [0.3, 0.4) is 0 Å². The van der Waals surface area contributed by atoms with Gasteiger partial charge in [0, 0.05) is 22.6 Å². The topological polar surface area (TPSA) is 49.8 Å². The summed E-state index contributed by atoms with van der Waals surface area (Å²) in [5, 5.41) is 10.1. The molecule has 1 aromatic rings. The first-order valence-corrected chi connectivity index (χ1v) is 7.55. The number of carbonyl (C=O) groups is 1. The zero-order chi connectivity index (χ0) is 17.3. The number of benzene rings is 1. The quantitative estimate of drug-likeness (QED) is 0.679. The number of aliphatic hydroxyl groups excluding tert-OH is 1. The second-order valence-corrected chi connectivity index (χ2v) is 6.03. The molecule has 0 saturated carbocycles. The molecule has 114 valence electrons. The van der Waals surface area contributed by atoms with Crippen LogP contribution in [-0.2, 0) is 16.0 Å². The molecule has 3 rings (SSSR count). The van der Waals surface area contributed by atoms with E-state index in [1.807, 2.05) is 30.3 Å². The Morgan fingerprint density at radius 3 is 2.67 bits per heavy atom. The van der Waals surface area contributed by atoms with Crippen LogP contribution in [0.25, 0.3) is 0 Å². The summed E-state index contributed by atoms with van der Waals surface area (Å²) in [7, 11) is 0. The highest BCUT2D eigenvalue weighted by molar-refractivity contribution is 5.75. The van der Waals surface area contributed by atoms with Gasteiger partial charge in [0.15, 0.2) is 6.10 Å². The third kappa shape index (κ3) is 3.27. The minimum absolute atomic E-state index is 0.0692. The minimum atomic E-state index is -2.09. The van der Waals surface area contributed by atoms with Crippen LogP contribution in [0.5, 0.6) is 0 Å². The number of carbonyl (C=O) groups excluding carboxylic acids is 1. The van der Waals surface area contributed by atoms with E-state index in [-0.39, 0.29) is 24.6 Å². The van der Waals surface area contributed by atoms with Crippen molar-refractivity contribution in [1.82, 2.24) is 4.90 Å². The standard InChI is InChI=1S/C17H23NO3/c1-18-13-7-8-14(18)11-15(10-13)21-17(20)16(19)9-12-5-3-2-4-6-12/h2-6,13-16,19H,7-11H2,1H3/t13-,14+,15?,16-/m1/s1/i1D3,9+1,17+1. The van der Waals surface area contributed by atoms with Gasteiger partial charge in [-0.2, -0.15) is 0 Å². The van der Waals surface area contributed by atoms with Crippen molar-refractivity contribution in [2.75, 3.05) is 6.98 Å². The van der Waals surface area contributed by atoms with Crippen LogP contribution in [-0.4, -0.2) is 47.2 Å². The molecule has 1 unspecified atom stereocenters. The van der Waals surface area contributed by atoms with E-state index in [1.165, 1.54) is 0 Å². The molecular weight excluding hydrogens is 268 g/mol. The molecule has 0 radical (unpaired) electrons. The second-order valence-electron chi connectivity index (χ2n) is 6.03. The van der Waals surface area contributed by atoms with E-state index in [9.17, 15) is 9.90 Å². The predicted molar refractivity (Wildman–Crippen MR) is 79.8 cm³/mol. The first-order chi connectivity index (χ1) is 11.3. The van der Waals surface area contributed by atoms with Gasteiger partial charge < -0.3 is 14.7 Å². The van der Waals surface area contributed by atoms with E-state index < -0.39 is 19.0 Å². The number of piperidine rings is 1. The number of aliphatic hydroxyl groups is 1. The normalized spacial score (nSPS) is 32.8. The van der Waals surface area contributed by atoms with Crippen molar-refractivity contribution in [2.45, 2.75) is 56.4 Å². The molecule has 4 heteroatoms. The Hall–Kier alpha value is -1.39. The summed E-state index contributed by atoms with van der Waals surface area (Å²) in [5.41, 5.74) is 0.874. The second kappa shape index (κ2) is 6.16. The van der Waals surface area contributed by atoms with E-state index in [1.54, 1.807) is 4.90 Å². The van der Waals surface area contributed by atoms with Crippen LogP contribution < -0.4 is 0 Å². The van der Waals surface area contributed by atoms with Crippen molar-refractivity contribution in [3.63, 3.8) is 0 Å². The Bertz CT molecular complexity index is 564. The number of nitrogens with zero attached hydrogens (tertiary/aromatic N) is 1. The third-order valence-electron chi connectivity index (χ3n) is 4.52. The van der Waals surface area contributed by atoms with Crippen LogP contribution in [0.1, 0.15) is 35.4 Å². The van der Waals surface area contributed by atoms with Crippen LogP contribution in [0.15, 0.2) is 30.3 Å². The number of rotatable bonds is 4. The summed E-state index contributed by atoms with van der Waals surface area (Å²) in [6.45, 7) is -2.09. The highest BCUT2D eigenvalue weighted by Crippen LogP contribution is 2.35. The van der Waals surface area contributed by atoms with Gasteiger partial charge in [0.1, 0.15) is 6.10 Å². The van der Waals surface area contributed by atoms with Gasteiger partial charge in [-0.1, -0.05) is 30.3 Å². The summed E-state index contributed by atoms with van der Waals surface area (Å²) >= 11 is 0. The third-order valence-corrected chi connectivity index (χ3v) is 4.52. The van der Waals surface area contributed by atoms with Gasteiger partial charge in [-0.05, 0) is 38.2 Å². The first kappa shape index (κ1) is 11.2. The van der Waals surface area contributed by atoms with E-state index in [0.29, 0.717) is 12.8 Å². The Morgan fingerprint density at radius 2 is 2.05 bits per heavy atom. The molecule has 1 aromatic carbocycles. The summed E-state index contributed by atoms with van der Waals surface area (Å²) in [6, 6.07) is 9.16. The number of hydrogen-bond acceptors (Lipinski definition) is 4. The van der Waals surface area contributed by atoms with Gasteiger partial charge >= 0.3 is 5.97 Å². The van der Waals surface area contributed by atoms with E-state index >= 15 is 0 Å². The lowest BCUT2D eigenvalue weighted by atomic mass is 10.0. The lowest BCUT2D eigenvalue weighted by Gasteiger charge is -2.36. The molecule has 0 spiro atoms. The molecule has 21 heavy (non-hydrogen) atoms. The highest BCUT2D eigenvalue weighted by atomic mass is 16.6. The van der Waals surface area contributed by atoms with Gasteiger partial charge in [0.25, 0.3) is 0 Å². The molecule has 4 nitrogen and oxygen atoms in total. The molecule has 4 atom stereocenters. The van der Waals surface area contributed by atoms with Crippen LogP contribution in [0.2, 0.25) is 0 Å². The zero-order valence-corrected chi connectivity index (χ0v) is 11.9. The molecule has 2 bridgehead atoms. The lowest BCUT2D eigenvalue weighted by molar-refractivity contribution is -0.162. The SMILES string of the molecule is [2H]C([2H])([2H])N1[C@@H]2CC[C@H]1CC(O[13C](=O)[C@H](O)[13CH2]c1ccccc1)C2. The molecule has 2 aliphatic heterocycles. The van der Waals surface area contributed by atoms with Crippen LogP contribution in [0.4, 0.5) is 0 Å². The van der Waals surface area contributed by atoms with Crippen LogP contribution in [0, 0.1) is 0 Å². The Morgan fingerprint density at radius 1 is 1.38 bits per heavy atom. The van der Waals surface area contributed by atoms with Crippen molar-refractivity contribution in [3.8, 4) is 0 Å². The fourth-order valence-electron chi connectivity index (χ4n) is 3.39. The smallest absolute Gasteiger partial charge is 0.335 e. The number of fused-ring (bicyclic) bond motifs is 2.